The minimum absolute atomic E-state index is 0.133. The fraction of sp³-hybridized carbons (Fsp3) is 0.588. The Labute approximate surface area is 144 Å². The fourth-order valence-electron chi connectivity index (χ4n) is 2.96. The quantitative estimate of drug-likeness (QED) is 0.806. The first-order valence-electron chi connectivity index (χ1n) is 8.42. The van der Waals surface area contributed by atoms with E-state index in [2.05, 4.69) is 5.32 Å². The van der Waals surface area contributed by atoms with Crippen LogP contribution in [0.2, 0.25) is 0 Å². The average Bonchev–Trinajstić information content (AvgIpc) is 2.56. The minimum Gasteiger partial charge on any atom is -0.354 e. The summed E-state index contributed by atoms with van der Waals surface area (Å²) < 4.78 is 27.6. The molecule has 0 aliphatic carbocycles. The predicted octanol–water partition coefficient (Wildman–Crippen LogP) is 1.31. The first-order valence-corrected chi connectivity index (χ1v) is 9.86. The molecule has 7 heteroatoms. The Hall–Kier alpha value is -1.44. The Bertz CT molecular complexity index is 688. The van der Waals surface area contributed by atoms with Crippen LogP contribution >= 0.6 is 0 Å². The van der Waals surface area contributed by atoms with E-state index in [9.17, 15) is 13.2 Å². The van der Waals surface area contributed by atoms with Crippen molar-refractivity contribution in [3.63, 3.8) is 0 Å². The van der Waals surface area contributed by atoms with Crippen molar-refractivity contribution < 1.29 is 13.2 Å². The molecule has 3 N–H and O–H groups in total. The molecular weight excluding hydrogens is 326 g/mol. The van der Waals surface area contributed by atoms with Crippen LogP contribution in [0.15, 0.2) is 23.1 Å². The molecule has 1 aromatic rings. The van der Waals surface area contributed by atoms with Gasteiger partial charge in [0.2, 0.25) is 15.9 Å². The maximum Gasteiger partial charge on any atom is 0.243 e. The zero-order chi connectivity index (χ0) is 17.7. The van der Waals surface area contributed by atoms with Gasteiger partial charge in [0.1, 0.15) is 0 Å². The summed E-state index contributed by atoms with van der Waals surface area (Å²) in [5, 5.41) is 2.80. The van der Waals surface area contributed by atoms with Crippen LogP contribution < -0.4 is 11.1 Å². The van der Waals surface area contributed by atoms with E-state index >= 15 is 0 Å². The van der Waals surface area contributed by atoms with Crippen LogP contribution in [0.5, 0.6) is 0 Å². The zero-order valence-electron chi connectivity index (χ0n) is 14.4. The Morgan fingerprint density at radius 2 is 2.04 bits per heavy atom. The van der Waals surface area contributed by atoms with Gasteiger partial charge in [-0.1, -0.05) is 12.5 Å². The predicted molar refractivity (Wildman–Crippen MR) is 94.1 cm³/mol. The highest BCUT2D eigenvalue weighted by atomic mass is 32.2. The van der Waals surface area contributed by atoms with Crippen LogP contribution in [0.25, 0.3) is 0 Å². The van der Waals surface area contributed by atoms with Crippen LogP contribution in [-0.4, -0.2) is 44.3 Å². The van der Waals surface area contributed by atoms with Crippen LogP contribution in [0, 0.1) is 13.8 Å². The molecular formula is C17H27N3O3S. The Morgan fingerprint density at radius 3 is 2.71 bits per heavy atom. The van der Waals surface area contributed by atoms with Gasteiger partial charge in [-0.05, 0) is 49.9 Å². The molecule has 24 heavy (non-hydrogen) atoms. The molecule has 1 aromatic carbocycles. The molecule has 1 atom stereocenters. The number of nitrogens with zero attached hydrogens (tertiary/aromatic N) is 1. The van der Waals surface area contributed by atoms with E-state index < -0.39 is 10.0 Å². The van der Waals surface area contributed by atoms with Crippen LogP contribution in [0.4, 0.5) is 0 Å². The van der Waals surface area contributed by atoms with E-state index in [0.717, 1.165) is 30.4 Å². The minimum atomic E-state index is -3.55. The molecule has 0 spiro atoms. The van der Waals surface area contributed by atoms with Crippen molar-refractivity contribution in [1.29, 1.82) is 0 Å². The van der Waals surface area contributed by atoms with E-state index in [1.54, 1.807) is 16.4 Å². The maximum atomic E-state index is 13.0. The second-order valence-corrected chi connectivity index (χ2v) is 8.24. The van der Waals surface area contributed by atoms with Crippen LogP contribution in [-0.2, 0) is 14.8 Å². The van der Waals surface area contributed by atoms with Gasteiger partial charge in [-0.25, -0.2) is 8.42 Å². The van der Waals surface area contributed by atoms with Gasteiger partial charge in [-0.2, -0.15) is 4.31 Å². The lowest BCUT2D eigenvalue weighted by Crippen LogP contribution is -2.49. The number of benzene rings is 1. The highest BCUT2D eigenvalue weighted by Crippen LogP contribution is 2.26. The highest BCUT2D eigenvalue weighted by Gasteiger charge is 2.33. The van der Waals surface area contributed by atoms with Crippen LogP contribution in [0.1, 0.15) is 36.8 Å². The monoisotopic (exact) mass is 353 g/mol. The molecule has 134 valence electrons. The summed E-state index contributed by atoms with van der Waals surface area (Å²) in [6.45, 7) is 4.99. The fourth-order valence-corrected chi connectivity index (χ4v) is 4.73. The standard InChI is InChI=1S/C17H27N3O3S/c1-13-6-7-16(11-14(13)2)24(22,23)20-10-4-3-5-15(20)12-19-17(21)8-9-18/h6-7,11,15H,3-5,8-10,12,18H2,1-2H3,(H,19,21). The summed E-state index contributed by atoms with van der Waals surface area (Å²) in [4.78, 5) is 12.0. The van der Waals surface area contributed by atoms with Crippen molar-refractivity contribution in [2.75, 3.05) is 19.6 Å². The first-order chi connectivity index (χ1) is 11.4. The second kappa shape index (κ2) is 8.09. The lowest BCUT2D eigenvalue weighted by Gasteiger charge is -2.34. The SMILES string of the molecule is Cc1ccc(S(=O)(=O)N2CCCCC2CNC(=O)CCN)cc1C. The second-order valence-electron chi connectivity index (χ2n) is 6.35. The molecule has 2 rings (SSSR count). The molecule has 0 saturated carbocycles. The third kappa shape index (κ3) is 4.34. The third-order valence-electron chi connectivity index (χ3n) is 4.56. The normalized spacial score (nSPS) is 19.2. The number of nitrogens with one attached hydrogen (secondary N) is 1. The maximum absolute atomic E-state index is 13.0. The number of amides is 1. The number of carbonyl (C=O) groups is 1. The number of piperidine rings is 1. The van der Waals surface area contributed by atoms with Crippen molar-refractivity contribution in [2.24, 2.45) is 5.73 Å². The third-order valence-corrected chi connectivity index (χ3v) is 6.51. The Morgan fingerprint density at radius 1 is 1.29 bits per heavy atom. The molecule has 1 aliphatic heterocycles. The molecule has 6 nitrogen and oxygen atoms in total. The van der Waals surface area contributed by atoms with Gasteiger partial charge in [0.25, 0.3) is 0 Å². The Balaban J connectivity index is 2.18. The first kappa shape index (κ1) is 18.9. The number of aryl methyl sites for hydroxylation is 2. The van der Waals surface area contributed by atoms with Crippen LogP contribution in [0.3, 0.4) is 0 Å². The van der Waals surface area contributed by atoms with Gasteiger partial charge in [0.15, 0.2) is 0 Å². The van der Waals surface area contributed by atoms with Crippen molar-refractivity contribution in [3.05, 3.63) is 29.3 Å². The van der Waals surface area contributed by atoms with Crippen molar-refractivity contribution in [2.45, 2.75) is 50.5 Å². The molecule has 1 aliphatic rings. The summed E-state index contributed by atoms with van der Waals surface area (Å²) in [7, 11) is -3.55. The average molecular weight is 353 g/mol. The summed E-state index contributed by atoms with van der Waals surface area (Å²) in [6.07, 6.45) is 2.83. The molecule has 1 amide bonds. The number of carbonyl (C=O) groups excluding carboxylic acids is 1. The lowest BCUT2D eigenvalue weighted by molar-refractivity contribution is -0.121. The van der Waals surface area contributed by atoms with Gasteiger partial charge >= 0.3 is 0 Å². The molecule has 1 fully saturated rings. The summed E-state index contributed by atoms with van der Waals surface area (Å²) in [5.41, 5.74) is 7.40. The highest BCUT2D eigenvalue weighted by molar-refractivity contribution is 7.89. The van der Waals surface area contributed by atoms with E-state index in [-0.39, 0.29) is 18.4 Å². The Kier molecular flexibility index (Phi) is 6.37. The van der Waals surface area contributed by atoms with E-state index in [1.165, 1.54) is 0 Å². The topological polar surface area (TPSA) is 92.5 Å². The largest absolute Gasteiger partial charge is 0.354 e. The number of nitrogens with two attached hydrogens (primary N) is 1. The number of hydrogen-bond acceptors (Lipinski definition) is 4. The molecule has 0 aromatic heterocycles. The van der Waals surface area contributed by atoms with Gasteiger partial charge in [0, 0.05) is 32.1 Å². The van der Waals surface area contributed by atoms with Gasteiger partial charge in [-0.3, -0.25) is 4.79 Å². The van der Waals surface area contributed by atoms with Gasteiger partial charge < -0.3 is 11.1 Å². The van der Waals surface area contributed by atoms with Crippen molar-refractivity contribution in [3.8, 4) is 0 Å². The molecule has 0 radical (unpaired) electrons. The smallest absolute Gasteiger partial charge is 0.243 e. The van der Waals surface area contributed by atoms with Crippen molar-refractivity contribution >= 4 is 15.9 Å². The van der Waals surface area contributed by atoms with E-state index in [0.29, 0.717) is 24.5 Å². The summed E-state index contributed by atoms with van der Waals surface area (Å²) >= 11 is 0. The number of sulfonamides is 1. The van der Waals surface area contributed by atoms with Crippen molar-refractivity contribution in [1.82, 2.24) is 9.62 Å². The number of rotatable bonds is 6. The molecule has 1 unspecified atom stereocenters. The summed E-state index contributed by atoms with van der Waals surface area (Å²) in [6, 6.07) is 5.02. The number of hydrogen-bond donors (Lipinski definition) is 2. The van der Waals surface area contributed by atoms with Gasteiger partial charge in [-0.15, -0.1) is 0 Å². The van der Waals surface area contributed by atoms with E-state index in [1.807, 2.05) is 19.9 Å². The zero-order valence-corrected chi connectivity index (χ0v) is 15.2. The molecule has 0 bridgehead atoms. The van der Waals surface area contributed by atoms with Gasteiger partial charge in [0.05, 0.1) is 4.90 Å². The lowest BCUT2D eigenvalue weighted by atomic mass is 10.1. The molecule has 1 saturated heterocycles. The summed E-state index contributed by atoms with van der Waals surface area (Å²) in [5.74, 6) is -0.133. The van der Waals surface area contributed by atoms with E-state index in [4.69, 9.17) is 5.73 Å². The molecule has 1 heterocycles.